The average molecular weight is 236 g/mol. The number of carbonyl (C=O) groups is 1. The second-order valence-electron chi connectivity index (χ2n) is 4.84. The maximum atomic E-state index is 11.9. The van der Waals surface area contributed by atoms with Crippen molar-refractivity contribution in [3.05, 3.63) is 24.3 Å². The highest BCUT2D eigenvalue weighted by atomic mass is 16.5. The summed E-state index contributed by atoms with van der Waals surface area (Å²) < 4.78 is 5.46. The highest BCUT2D eigenvalue weighted by Crippen LogP contribution is 2.26. The molecular formula is C13H20N2O2. The van der Waals surface area contributed by atoms with Crippen LogP contribution in [0.2, 0.25) is 0 Å². The van der Waals surface area contributed by atoms with Gasteiger partial charge < -0.3 is 15.8 Å². The monoisotopic (exact) mass is 236 g/mol. The minimum atomic E-state index is -0.430. The quantitative estimate of drug-likeness (QED) is 0.840. The van der Waals surface area contributed by atoms with Crippen LogP contribution in [0.25, 0.3) is 0 Å². The lowest BCUT2D eigenvalue weighted by molar-refractivity contribution is -0.123. The molecule has 0 aliphatic rings. The van der Waals surface area contributed by atoms with E-state index in [4.69, 9.17) is 10.5 Å². The molecule has 1 aromatic rings. The van der Waals surface area contributed by atoms with Gasteiger partial charge in [-0.3, -0.25) is 4.79 Å². The molecule has 17 heavy (non-hydrogen) atoms. The van der Waals surface area contributed by atoms with E-state index in [-0.39, 0.29) is 5.91 Å². The van der Waals surface area contributed by atoms with Crippen molar-refractivity contribution in [3.8, 4) is 5.75 Å². The molecule has 4 heteroatoms. The maximum absolute atomic E-state index is 11.9. The minimum absolute atomic E-state index is 0.0405. The molecule has 0 saturated heterocycles. The van der Waals surface area contributed by atoms with Crippen LogP contribution in [0.15, 0.2) is 24.3 Å². The van der Waals surface area contributed by atoms with Gasteiger partial charge in [-0.15, -0.1) is 0 Å². The first-order chi connectivity index (χ1) is 7.95. The predicted molar refractivity (Wildman–Crippen MR) is 69.1 cm³/mol. The van der Waals surface area contributed by atoms with E-state index >= 15 is 0 Å². The van der Waals surface area contributed by atoms with Crippen LogP contribution in [-0.4, -0.2) is 19.1 Å². The van der Waals surface area contributed by atoms with Crippen LogP contribution >= 0.6 is 0 Å². The lowest BCUT2D eigenvalue weighted by Crippen LogP contribution is -2.27. The fourth-order valence-electron chi connectivity index (χ4n) is 1.17. The van der Waals surface area contributed by atoms with E-state index in [0.717, 1.165) is 0 Å². The van der Waals surface area contributed by atoms with Gasteiger partial charge in [0, 0.05) is 12.0 Å². The van der Waals surface area contributed by atoms with E-state index in [1.165, 1.54) is 0 Å². The van der Waals surface area contributed by atoms with Crippen molar-refractivity contribution in [3.63, 3.8) is 0 Å². The second kappa shape index (κ2) is 5.68. The van der Waals surface area contributed by atoms with Crippen molar-refractivity contribution in [1.82, 2.24) is 0 Å². The largest absolute Gasteiger partial charge is 0.490 e. The van der Waals surface area contributed by atoms with Gasteiger partial charge in [0.1, 0.15) is 12.4 Å². The number of amides is 1. The Balaban J connectivity index is 2.80. The van der Waals surface area contributed by atoms with Crippen molar-refractivity contribution < 1.29 is 9.53 Å². The molecule has 0 bridgehead atoms. The molecule has 0 unspecified atom stereocenters. The molecule has 0 spiro atoms. The van der Waals surface area contributed by atoms with Gasteiger partial charge in [-0.25, -0.2) is 0 Å². The zero-order chi connectivity index (χ0) is 12.9. The van der Waals surface area contributed by atoms with Crippen molar-refractivity contribution in [2.45, 2.75) is 20.8 Å². The van der Waals surface area contributed by atoms with Gasteiger partial charge in [0.15, 0.2) is 0 Å². The summed E-state index contributed by atoms with van der Waals surface area (Å²) >= 11 is 0. The Morgan fingerprint density at radius 1 is 1.35 bits per heavy atom. The van der Waals surface area contributed by atoms with Gasteiger partial charge in [0.05, 0.1) is 5.69 Å². The number of hydrogen-bond acceptors (Lipinski definition) is 3. The van der Waals surface area contributed by atoms with Crippen LogP contribution < -0.4 is 15.8 Å². The molecule has 0 aliphatic heterocycles. The molecule has 0 aromatic heterocycles. The summed E-state index contributed by atoms with van der Waals surface area (Å²) in [5.41, 5.74) is 5.64. The summed E-state index contributed by atoms with van der Waals surface area (Å²) in [5.74, 6) is 0.608. The first-order valence-corrected chi connectivity index (χ1v) is 5.68. The summed E-state index contributed by atoms with van der Waals surface area (Å²) in [5, 5.41) is 2.85. The second-order valence-corrected chi connectivity index (χ2v) is 4.84. The number of nitrogens with two attached hydrogens (primary N) is 1. The third kappa shape index (κ3) is 4.07. The topological polar surface area (TPSA) is 64.3 Å². The van der Waals surface area contributed by atoms with E-state index in [0.29, 0.717) is 24.6 Å². The zero-order valence-corrected chi connectivity index (χ0v) is 10.6. The van der Waals surface area contributed by atoms with E-state index in [2.05, 4.69) is 5.32 Å². The Labute approximate surface area is 102 Å². The van der Waals surface area contributed by atoms with Crippen molar-refractivity contribution in [1.29, 1.82) is 0 Å². The van der Waals surface area contributed by atoms with Gasteiger partial charge in [-0.2, -0.15) is 0 Å². The Morgan fingerprint density at radius 2 is 2.00 bits per heavy atom. The maximum Gasteiger partial charge on any atom is 0.229 e. The number of ether oxygens (including phenoxy) is 1. The van der Waals surface area contributed by atoms with Crippen molar-refractivity contribution >= 4 is 11.6 Å². The number of carbonyl (C=O) groups excluding carboxylic acids is 1. The molecular weight excluding hydrogens is 216 g/mol. The standard InChI is InChI=1S/C13H20N2O2/c1-13(2,3)12(16)15-10-6-4-5-7-11(10)17-9-8-14/h4-7H,8-9,14H2,1-3H3,(H,15,16). The van der Waals surface area contributed by atoms with Gasteiger partial charge in [-0.1, -0.05) is 32.9 Å². The molecule has 0 atom stereocenters. The zero-order valence-electron chi connectivity index (χ0n) is 10.6. The van der Waals surface area contributed by atoms with Crippen LogP contribution in [0.3, 0.4) is 0 Å². The summed E-state index contributed by atoms with van der Waals surface area (Å²) in [6.45, 7) is 6.48. The normalized spacial score (nSPS) is 11.1. The molecule has 0 saturated carbocycles. The Kier molecular flexibility index (Phi) is 4.52. The first kappa shape index (κ1) is 13.5. The summed E-state index contributed by atoms with van der Waals surface area (Å²) in [6.07, 6.45) is 0. The first-order valence-electron chi connectivity index (χ1n) is 5.68. The van der Waals surface area contributed by atoms with Crippen molar-refractivity contribution in [2.24, 2.45) is 11.1 Å². The van der Waals surface area contributed by atoms with E-state index in [1.807, 2.05) is 45.0 Å². The minimum Gasteiger partial charge on any atom is -0.490 e. The summed E-state index contributed by atoms with van der Waals surface area (Å²) in [4.78, 5) is 11.9. The van der Waals surface area contributed by atoms with Crippen molar-refractivity contribution in [2.75, 3.05) is 18.5 Å². The van der Waals surface area contributed by atoms with Gasteiger partial charge in [-0.05, 0) is 12.1 Å². The third-order valence-corrected chi connectivity index (χ3v) is 2.19. The number of benzene rings is 1. The molecule has 1 aromatic carbocycles. The summed E-state index contributed by atoms with van der Waals surface area (Å²) in [7, 11) is 0. The molecule has 4 nitrogen and oxygen atoms in total. The van der Waals surface area contributed by atoms with Crippen LogP contribution in [0.4, 0.5) is 5.69 Å². The van der Waals surface area contributed by atoms with Crippen LogP contribution in [-0.2, 0) is 4.79 Å². The van der Waals surface area contributed by atoms with E-state index in [9.17, 15) is 4.79 Å². The predicted octanol–water partition coefficient (Wildman–Crippen LogP) is 2.01. The number of anilines is 1. The molecule has 3 N–H and O–H groups in total. The molecule has 1 rings (SSSR count). The molecule has 0 radical (unpaired) electrons. The third-order valence-electron chi connectivity index (χ3n) is 2.19. The van der Waals surface area contributed by atoms with Crippen LogP contribution in [0.1, 0.15) is 20.8 Å². The molecule has 0 heterocycles. The van der Waals surface area contributed by atoms with E-state index < -0.39 is 5.41 Å². The smallest absolute Gasteiger partial charge is 0.229 e. The molecule has 1 amide bonds. The summed E-state index contributed by atoms with van der Waals surface area (Å²) in [6, 6.07) is 7.34. The van der Waals surface area contributed by atoms with Gasteiger partial charge >= 0.3 is 0 Å². The lowest BCUT2D eigenvalue weighted by atomic mass is 9.95. The SMILES string of the molecule is CC(C)(C)C(=O)Nc1ccccc1OCCN. The van der Waals surface area contributed by atoms with Crippen LogP contribution in [0, 0.1) is 5.41 Å². The fraction of sp³-hybridized carbons (Fsp3) is 0.462. The highest BCUT2D eigenvalue weighted by Gasteiger charge is 2.22. The van der Waals surface area contributed by atoms with Gasteiger partial charge in [0.25, 0.3) is 0 Å². The average Bonchev–Trinajstić information content (AvgIpc) is 2.26. The van der Waals surface area contributed by atoms with Crippen LogP contribution in [0.5, 0.6) is 5.75 Å². The highest BCUT2D eigenvalue weighted by molar-refractivity contribution is 5.95. The van der Waals surface area contributed by atoms with Gasteiger partial charge in [0.2, 0.25) is 5.91 Å². The molecule has 0 aliphatic carbocycles. The van der Waals surface area contributed by atoms with E-state index in [1.54, 1.807) is 0 Å². The molecule has 94 valence electrons. The molecule has 0 fully saturated rings. The Morgan fingerprint density at radius 3 is 2.59 bits per heavy atom. The fourth-order valence-corrected chi connectivity index (χ4v) is 1.17. The number of para-hydroxylation sites is 2. The number of nitrogens with one attached hydrogen (secondary N) is 1. The lowest BCUT2D eigenvalue weighted by Gasteiger charge is -2.19. The Bertz CT molecular complexity index is 383. The Hall–Kier alpha value is -1.55. The number of rotatable bonds is 4. The number of hydrogen-bond donors (Lipinski definition) is 2.